The number of esters is 1. The molecule has 0 bridgehead atoms. The van der Waals surface area contributed by atoms with Gasteiger partial charge in [-0.25, -0.2) is 4.79 Å². The maximum atomic E-state index is 11.7. The minimum Gasteiger partial charge on any atom is -0.465 e. The van der Waals surface area contributed by atoms with E-state index in [9.17, 15) is 9.59 Å². The number of Topliss-reactive ketones (excluding diaryl/α,β-unsaturated/α-hetero) is 1. The number of carbonyl (C=O) groups is 2. The number of hydrogen-bond donors (Lipinski definition) is 0. The Morgan fingerprint density at radius 1 is 1.44 bits per heavy atom. The van der Waals surface area contributed by atoms with Crippen molar-refractivity contribution in [2.24, 2.45) is 0 Å². The molecule has 1 aromatic rings. The Hall–Kier alpha value is -1.65. The van der Waals surface area contributed by atoms with Crippen molar-refractivity contribution in [3.05, 3.63) is 17.0 Å². The molecule has 0 spiro atoms. The summed E-state index contributed by atoms with van der Waals surface area (Å²) in [6, 6.07) is 0. The van der Waals surface area contributed by atoms with Crippen molar-refractivity contribution in [3.63, 3.8) is 0 Å². The lowest BCUT2D eigenvalue weighted by Crippen LogP contribution is -2.09. The summed E-state index contributed by atoms with van der Waals surface area (Å²) in [6.07, 6.45) is 2.03. The fourth-order valence-electron chi connectivity index (χ4n) is 1.35. The first-order chi connectivity index (χ1) is 7.61. The predicted octanol–water partition coefficient (Wildman–Crippen LogP) is 2.14. The second-order valence-electron chi connectivity index (χ2n) is 3.49. The molecule has 0 amide bonds. The Morgan fingerprint density at radius 2 is 2.12 bits per heavy atom. The van der Waals surface area contributed by atoms with Gasteiger partial charge in [-0.05, 0) is 13.3 Å². The summed E-state index contributed by atoms with van der Waals surface area (Å²) in [5.41, 5.74) is 0.523. The molecule has 0 N–H and O–H groups in total. The van der Waals surface area contributed by atoms with E-state index in [1.807, 2.05) is 6.92 Å². The molecule has 0 atom stereocenters. The highest BCUT2D eigenvalue weighted by molar-refractivity contribution is 6.04. The zero-order chi connectivity index (χ0) is 12.1. The van der Waals surface area contributed by atoms with Crippen LogP contribution in [-0.4, -0.2) is 24.0 Å². The number of carbonyl (C=O) groups excluding carboxylic acids is 2. The zero-order valence-corrected chi connectivity index (χ0v) is 9.70. The van der Waals surface area contributed by atoms with Gasteiger partial charge in [-0.2, -0.15) is 0 Å². The summed E-state index contributed by atoms with van der Waals surface area (Å²) in [4.78, 5) is 23.1. The van der Waals surface area contributed by atoms with E-state index in [-0.39, 0.29) is 17.1 Å². The first-order valence-corrected chi connectivity index (χ1v) is 5.19. The number of rotatable bonds is 5. The average molecular weight is 225 g/mol. The molecule has 0 radical (unpaired) electrons. The Labute approximate surface area is 93.8 Å². The van der Waals surface area contributed by atoms with Gasteiger partial charge in [0.25, 0.3) is 0 Å². The van der Waals surface area contributed by atoms with Crippen LogP contribution in [0.15, 0.2) is 4.52 Å². The first-order valence-electron chi connectivity index (χ1n) is 5.19. The quantitative estimate of drug-likeness (QED) is 0.567. The molecule has 0 aromatic carbocycles. The van der Waals surface area contributed by atoms with Crippen LogP contribution in [0.5, 0.6) is 0 Å². The number of unbranched alkanes of at least 4 members (excludes halogenated alkanes) is 1. The van der Waals surface area contributed by atoms with Crippen molar-refractivity contribution in [2.45, 2.75) is 33.1 Å². The van der Waals surface area contributed by atoms with Crippen LogP contribution in [0.4, 0.5) is 0 Å². The number of nitrogens with zero attached hydrogens (tertiary/aromatic N) is 1. The number of hydrogen-bond acceptors (Lipinski definition) is 5. The summed E-state index contributed by atoms with van der Waals surface area (Å²) >= 11 is 0. The summed E-state index contributed by atoms with van der Waals surface area (Å²) in [7, 11) is 1.26. The van der Waals surface area contributed by atoms with Crippen LogP contribution in [0.25, 0.3) is 0 Å². The van der Waals surface area contributed by atoms with Crippen LogP contribution in [0, 0.1) is 6.92 Å². The van der Waals surface area contributed by atoms with Crippen molar-refractivity contribution >= 4 is 11.8 Å². The monoisotopic (exact) mass is 225 g/mol. The van der Waals surface area contributed by atoms with Gasteiger partial charge < -0.3 is 9.26 Å². The summed E-state index contributed by atoms with van der Waals surface area (Å²) in [5.74, 6) is -0.778. The second-order valence-corrected chi connectivity index (χ2v) is 3.49. The van der Waals surface area contributed by atoms with E-state index in [0.717, 1.165) is 12.8 Å². The average Bonchev–Trinajstić information content (AvgIpc) is 2.67. The highest BCUT2D eigenvalue weighted by Gasteiger charge is 2.25. The molecule has 16 heavy (non-hydrogen) atoms. The molecule has 1 aromatic heterocycles. The Bertz CT molecular complexity index is 395. The summed E-state index contributed by atoms with van der Waals surface area (Å²) in [6.45, 7) is 3.59. The van der Waals surface area contributed by atoms with Gasteiger partial charge in [0.15, 0.2) is 0 Å². The van der Waals surface area contributed by atoms with Gasteiger partial charge in [0.1, 0.15) is 5.56 Å². The number of ketones is 1. The number of methoxy groups -OCH3 is 1. The molecule has 1 heterocycles. The summed E-state index contributed by atoms with van der Waals surface area (Å²) in [5, 5.41) is 3.62. The van der Waals surface area contributed by atoms with Crippen molar-refractivity contribution in [2.75, 3.05) is 7.11 Å². The molecule has 1 rings (SSSR count). The van der Waals surface area contributed by atoms with Crippen molar-refractivity contribution in [1.29, 1.82) is 0 Å². The molecule has 5 heteroatoms. The minimum absolute atomic E-state index is 0.0119. The Kier molecular flexibility index (Phi) is 4.22. The van der Waals surface area contributed by atoms with Crippen LogP contribution >= 0.6 is 0 Å². The minimum atomic E-state index is -0.585. The maximum absolute atomic E-state index is 11.7. The molecule has 0 saturated heterocycles. The first kappa shape index (κ1) is 12.4. The lowest BCUT2D eigenvalue weighted by Gasteiger charge is -1.99. The third-order valence-corrected chi connectivity index (χ3v) is 2.26. The fraction of sp³-hybridized carbons (Fsp3) is 0.545. The highest BCUT2D eigenvalue weighted by Crippen LogP contribution is 2.17. The van der Waals surface area contributed by atoms with Gasteiger partial charge in [0.05, 0.1) is 12.8 Å². The highest BCUT2D eigenvalue weighted by atomic mass is 16.5. The third-order valence-electron chi connectivity index (χ3n) is 2.26. The van der Waals surface area contributed by atoms with Crippen molar-refractivity contribution < 1.29 is 18.8 Å². The predicted molar refractivity (Wildman–Crippen MR) is 56.4 cm³/mol. The molecule has 5 nitrogen and oxygen atoms in total. The molecular formula is C11H15NO4. The molecular weight excluding hydrogens is 210 g/mol. The SMILES string of the molecule is CCCCC(=O)c1onc(C)c1C(=O)OC. The van der Waals surface area contributed by atoms with E-state index in [1.165, 1.54) is 7.11 Å². The molecule has 0 aliphatic carbocycles. The normalized spacial score (nSPS) is 10.2. The molecule has 0 aliphatic rings. The van der Waals surface area contributed by atoms with Crippen LogP contribution in [0.3, 0.4) is 0 Å². The van der Waals surface area contributed by atoms with E-state index in [2.05, 4.69) is 9.89 Å². The standard InChI is InChI=1S/C11H15NO4/c1-4-5-6-8(13)10-9(11(14)15-3)7(2)12-16-10/h4-6H2,1-3H3. The second kappa shape index (κ2) is 5.44. The lowest BCUT2D eigenvalue weighted by molar-refractivity contribution is 0.0594. The van der Waals surface area contributed by atoms with Crippen LogP contribution in [0.2, 0.25) is 0 Å². The number of aromatic nitrogens is 1. The third kappa shape index (κ3) is 2.48. The van der Waals surface area contributed by atoms with Crippen LogP contribution in [0.1, 0.15) is 52.8 Å². The Balaban J connectivity index is 2.96. The van der Waals surface area contributed by atoms with Gasteiger partial charge in [-0.1, -0.05) is 18.5 Å². The maximum Gasteiger partial charge on any atom is 0.343 e. The largest absolute Gasteiger partial charge is 0.465 e. The van der Waals surface area contributed by atoms with Crippen molar-refractivity contribution in [1.82, 2.24) is 5.16 Å². The molecule has 0 aliphatic heterocycles. The van der Waals surface area contributed by atoms with E-state index in [0.29, 0.717) is 12.1 Å². The molecule has 0 fully saturated rings. The van der Waals surface area contributed by atoms with Gasteiger partial charge in [0.2, 0.25) is 11.5 Å². The van der Waals surface area contributed by atoms with Gasteiger partial charge in [-0.15, -0.1) is 0 Å². The zero-order valence-electron chi connectivity index (χ0n) is 9.70. The van der Waals surface area contributed by atoms with E-state index in [4.69, 9.17) is 4.52 Å². The Morgan fingerprint density at radius 3 is 2.69 bits per heavy atom. The number of ether oxygens (including phenoxy) is 1. The van der Waals surface area contributed by atoms with Gasteiger partial charge >= 0.3 is 5.97 Å². The van der Waals surface area contributed by atoms with Crippen LogP contribution < -0.4 is 0 Å². The lowest BCUT2D eigenvalue weighted by atomic mass is 10.1. The van der Waals surface area contributed by atoms with Crippen LogP contribution in [-0.2, 0) is 4.74 Å². The fourth-order valence-corrected chi connectivity index (χ4v) is 1.35. The molecule has 0 saturated carbocycles. The molecule has 0 unspecified atom stereocenters. The van der Waals surface area contributed by atoms with E-state index < -0.39 is 5.97 Å². The van der Waals surface area contributed by atoms with Gasteiger partial charge in [-0.3, -0.25) is 4.79 Å². The summed E-state index contributed by atoms with van der Waals surface area (Å²) < 4.78 is 9.46. The topological polar surface area (TPSA) is 69.4 Å². The smallest absolute Gasteiger partial charge is 0.343 e. The van der Waals surface area contributed by atoms with E-state index >= 15 is 0 Å². The number of aryl methyl sites for hydroxylation is 1. The molecule has 88 valence electrons. The van der Waals surface area contributed by atoms with E-state index in [1.54, 1.807) is 6.92 Å². The van der Waals surface area contributed by atoms with Gasteiger partial charge in [0, 0.05) is 6.42 Å². The van der Waals surface area contributed by atoms with Crippen molar-refractivity contribution in [3.8, 4) is 0 Å².